The maximum Gasteiger partial charge on any atom is 0.139 e. The van der Waals surface area contributed by atoms with E-state index in [2.05, 4.69) is 32.0 Å². The number of Topliss-reactive ketones (excluding diaryl/α,β-unsaturated/α-hetero) is 1. The predicted octanol–water partition coefficient (Wildman–Crippen LogP) is 2.84. The predicted molar refractivity (Wildman–Crippen MR) is 65.7 cm³/mol. The normalized spacial score (nSPS) is 12.5. The molecule has 0 aliphatic rings. The first kappa shape index (κ1) is 12.9. The summed E-state index contributed by atoms with van der Waals surface area (Å²) in [6, 6.07) is 6.26. The van der Waals surface area contributed by atoms with E-state index >= 15 is 0 Å². The second kappa shape index (κ2) is 5.80. The van der Waals surface area contributed by atoms with E-state index in [9.17, 15) is 4.79 Å². The SMILES string of the molecule is COC(C)CC(=O)Cc1cc(C)cc(C)c1. The van der Waals surface area contributed by atoms with Crippen LogP contribution < -0.4 is 0 Å². The summed E-state index contributed by atoms with van der Waals surface area (Å²) in [6.45, 7) is 6.02. The van der Waals surface area contributed by atoms with Crippen LogP contribution in [0, 0.1) is 13.8 Å². The fourth-order valence-electron chi connectivity index (χ4n) is 1.87. The average Bonchev–Trinajstić information content (AvgIpc) is 2.15. The van der Waals surface area contributed by atoms with Crippen molar-refractivity contribution in [3.05, 3.63) is 34.9 Å². The minimum absolute atomic E-state index is 0.0124. The molecule has 1 aromatic carbocycles. The van der Waals surface area contributed by atoms with Gasteiger partial charge in [0, 0.05) is 20.0 Å². The van der Waals surface area contributed by atoms with Crippen LogP contribution in [0.3, 0.4) is 0 Å². The molecule has 0 N–H and O–H groups in total. The molecule has 0 saturated heterocycles. The Hall–Kier alpha value is -1.15. The molecule has 1 unspecified atom stereocenters. The van der Waals surface area contributed by atoms with Crippen molar-refractivity contribution < 1.29 is 9.53 Å². The van der Waals surface area contributed by atoms with Gasteiger partial charge < -0.3 is 4.74 Å². The molecular formula is C14H20O2. The van der Waals surface area contributed by atoms with Gasteiger partial charge in [0.2, 0.25) is 0 Å². The molecule has 2 heteroatoms. The van der Waals surface area contributed by atoms with Gasteiger partial charge in [-0.05, 0) is 26.3 Å². The molecule has 1 aromatic rings. The Morgan fingerprint density at radius 2 is 1.81 bits per heavy atom. The van der Waals surface area contributed by atoms with Crippen LogP contribution in [0.5, 0.6) is 0 Å². The van der Waals surface area contributed by atoms with Gasteiger partial charge in [0.1, 0.15) is 5.78 Å². The second-order valence-corrected chi connectivity index (χ2v) is 4.46. The van der Waals surface area contributed by atoms with E-state index in [0.717, 1.165) is 5.56 Å². The Labute approximate surface area is 97.6 Å². The van der Waals surface area contributed by atoms with Gasteiger partial charge in [-0.1, -0.05) is 29.3 Å². The van der Waals surface area contributed by atoms with Crippen LogP contribution in [0.4, 0.5) is 0 Å². The number of benzene rings is 1. The Morgan fingerprint density at radius 1 is 1.25 bits per heavy atom. The number of ether oxygens (including phenoxy) is 1. The number of aryl methyl sites for hydroxylation is 2. The minimum Gasteiger partial charge on any atom is -0.381 e. The van der Waals surface area contributed by atoms with Crippen LogP contribution in [0.25, 0.3) is 0 Å². The maximum absolute atomic E-state index is 11.7. The molecule has 0 spiro atoms. The van der Waals surface area contributed by atoms with E-state index in [-0.39, 0.29) is 11.9 Å². The van der Waals surface area contributed by atoms with Crippen molar-refractivity contribution in [2.45, 2.75) is 39.7 Å². The summed E-state index contributed by atoms with van der Waals surface area (Å²) in [6.07, 6.45) is 1.01. The highest BCUT2D eigenvalue weighted by molar-refractivity contribution is 5.81. The van der Waals surface area contributed by atoms with Crippen LogP contribution in [0.2, 0.25) is 0 Å². The summed E-state index contributed by atoms with van der Waals surface area (Å²) in [5, 5.41) is 0. The molecule has 16 heavy (non-hydrogen) atoms. The average molecular weight is 220 g/mol. The molecule has 0 saturated carbocycles. The largest absolute Gasteiger partial charge is 0.381 e. The minimum atomic E-state index is 0.0124. The highest BCUT2D eigenvalue weighted by Crippen LogP contribution is 2.11. The summed E-state index contributed by atoms with van der Waals surface area (Å²) in [5.74, 6) is 0.236. The lowest BCUT2D eigenvalue weighted by Crippen LogP contribution is -2.14. The van der Waals surface area contributed by atoms with E-state index in [1.165, 1.54) is 11.1 Å². The van der Waals surface area contributed by atoms with Crippen molar-refractivity contribution in [2.75, 3.05) is 7.11 Å². The molecule has 1 atom stereocenters. The summed E-state index contributed by atoms with van der Waals surface area (Å²) in [4.78, 5) is 11.7. The topological polar surface area (TPSA) is 26.3 Å². The molecule has 0 aliphatic heterocycles. The standard InChI is InChI=1S/C14H20O2/c1-10-5-11(2)7-13(6-10)9-14(15)8-12(3)16-4/h5-7,12H,8-9H2,1-4H3. The summed E-state index contributed by atoms with van der Waals surface area (Å²) in [7, 11) is 1.63. The molecule has 2 nitrogen and oxygen atoms in total. The lowest BCUT2D eigenvalue weighted by molar-refractivity contribution is -0.120. The monoisotopic (exact) mass is 220 g/mol. The van der Waals surface area contributed by atoms with Crippen LogP contribution in [0.1, 0.15) is 30.0 Å². The zero-order valence-corrected chi connectivity index (χ0v) is 10.5. The number of carbonyl (C=O) groups excluding carboxylic acids is 1. The first-order valence-electron chi connectivity index (χ1n) is 5.63. The van der Waals surface area contributed by atoms with Crippen LogP contribution >= 0.6 is 0 Å². The van der Waals surface area contributed by atoms with Crippen LogP contribution in [0.15, 0.2) is 18.2 Å². The van der Waals surface area contributed by atoms with Crippen LogP contribution in [-0.4, -0.2) is 19.0 Å². The van der Waals surface area contributed by atoms with Gasteiger partial charge in [0.15, 0.2) is 0 Å². The van der Waals surface area contributed by atoms with Gasteiger partial charge in [0.05, 0.1) is 6.10 Å². The van der Waals surface area contributed by atoms with E-state index < -0.39 is 0 Å². The summed E-state index contributed by atoms with van der Waals surface area (Å²) < 4.78 is 5.09. The number of rotatable bonds is 5. The Balaban J connectivity index is 2.62. The smallest absolute Gasteiger partial charge is 0.139 e. The third-order valence-electron chi connectivity index (χ3n) is 2.60. The van der Waals surface area contributed by atoms with Gasteiger partial charge in [-0.3, -0.25) is 4.79 Å². The molecule has 0 amide bonds. The number of hydrogen-bond donors (Lipinski definition) is 0. The van der Waals surface area contributed by atoms with Crippen molar-refractivity contribution in [3.8, 4) is 0 Å². The van der Waals surface area contributed by atoms with Gasteiger partial charge in [0.25, 0.3) is 0 Å². The van der Waals surface area contributed by atoms with Crippen molar-refractivity contribution in [2.24, 2.45) is 0 Å². The van der Waals surface area contributed by atoms with E-state index in [1.54, 1.807) is 7.11 Å². The number of hydrogen-bond acceptors (Lipinski definition) is 2. The lowest BCUT2D eigenvalue weighted by atomic mass is 10.0. The van der Waals surface area contributed by atoms with Crippen molar-refractivity contribution in [1.29, 1.82) is 0 Å². The molecule has 0 radical (unpaired) electrons. The van der Waals surface area contributed by atoms with Crippen molar-refractivity contribution in [1.82, 2.24) is 0 Å². The molecule has 0 aromatic heterocycles. The summed E-state index contributed by atoms with van der Waals surface area (Å²) >= 11 is 0. The molecule has 0 fully saturated rings. The Kier molecular flexibility index (Phi) is 4.69. The van der Waals surface area contributed by atoms with Gasteiger partial charge >= 0.3 is 0 Å². The number of ketones is 1. The zero-order valence-electron chi connectivity index (χ0n) is 10.5. The molecule has 0 heterocycles. The van der Waals surface area contributed by atoms with Crippen molar-refractivity contribution >= 4 is 5.78 Å². The number of methoxy groups -OCH3 is 1. The highest BCUT2D eigenvalue weighted by Gasteiger charge is 2.09. The number of carbonyl (C=O) groups is 1. The second-order valence-electron chi connectivity index (χ2n) is 4.46. The zero-order chi connectivity index (χ0) is 12.1. The van der Waals surface area contributed by atoms with Crippen LogP contribution in [-0.2, 0) is 16.0 Å². The van der Waals surface area contributed by atoms with Gasteiger partial charge in [-0.2, -0.15) is 0 Å². The van der Waals surface area contributed by atoms with E-state index in [0.29, 0.717) is 12.8 Å². The maximum atomic E-state index is 11.7. The van der Waals surface area contributed by atoms with Gasteiger partial charge in [-0.15, -0.1) is 0 Å². The van der Waals surface area contributed by atoms with E-state index in [1.807, 2.05) is 6.92 Å². The first-order chi connectivity index (χ1) is 7.51. The fourth-order valence-corrected chi connectivity index (χ4v) is 1.87. The summed E-state index contributed by atoms with van der Waals surface area (Å²) in [5.41, 5.74) is 3.52. The first-order valence-corrected chi connectivity index (χ1v) is 5.63. The van der Waals surface area contributed by atoms with Gasteiger partial charge in [-0.25, -0.2) is 0 Å². The highest BCUT2D eigenvalue weighted by atomic mass is 16.5. The van der Waals surface area contributed by atoms with E-state index in [4.69, 9.17) is 4.74 Å². The Bertz CT molecular complexity index is 349. The molecule has 0 aliphatic carbocycles. The third kappa shape index (κ3) is 4.15. The lowest BCUT2D eigenvalue weighted by Gasteiger charge is -2.09. The molecule has 1 rings (SSSR count). The quantitative estimate of drug-likeness (QED) is 0.762. The molecule has 0 bridgehead atoms. The molecule has 88 valence electrons. The van der Waals surface area contributed by atoms with Crippen molar-refractivity contribution in [3.63, 3.8) is 0 Å². The fraction of sp³-hybridized carbons (Fsp3) is 0.500. The molecular weight excluding hydrogens is 200 g/mol. The third-order valence-corrected chi connectivity index (χ3v) is 2.60. The Morgan fingerprint density at radius 3 is 2.31 bits per heavy atom.